The van der Waals surface area contributed by atoms with Crippen LogP contribution in [0.15, 0.2) is 24.9 Å². The first-order chi connectivity index (χ1) is 8.90. The summed E-state index contributed by atoms with van der Waals surface area (Å²) in [5, 5.41) is 11.0. The standard InChI is InChI=1S/C11H18N6O/c1-18-7-3-12-8-11-9-13-10-16(11)5-6-17-4-2-14-15-17/h2,4,9-10,12H,3,5-8H2,1H3. The molecule has 2 aromatic rings. The molecule has 7 heteroatoms. The summed E-state index contributed by atoms with van der Waals surface area (Å²) in [6.45, 7) is 3.98. The topological polar surface area (TPSA) is 69.8 Å². The number of hydrogen-bond donors (Lipinski definition) is 1. The molecule has 0 saturated carbocycles. The molecule has 2 aromatic heterocycles. The minimum atomic E-state index is 0.715. The fourth-order valence-corrected chi connectivity index (χ4v) is 1.65. The van der Waals surface area contributed by atoms with Crippen LogP contribution in [0, 0.1) is 0 Å². The van der Waals surface area contributed by atoms with Gasteiger partial charge in [0.25, 0.3) is 0 Å². The van der Waals surface area contributed by atoms with Gasteiger partial charge in [-0.15, -0.1) is 5.10 Å². The SMILES string of the molecule is COCCNCc1cncn1CCn1ccnn1. The third-order valence-electron chi connectivity index (χ3n) is 2.63. The van der Waals surface area contributed by atoms with Crippen molar-refractivity contribution in [2.45, 2.75) is 19.6 Å². The van der Waals surface area contributed by atoms with Gasteiger partial charge in [-0.05, 0) is 0 Å². The third-order valence-corrected chi connectivity index (χ3v) is 2.63. The van der Waals surface area contributed by atoms with Gasteiger partial charge in [0, 0.05) is 39.1 Å². The summed E-state index contributed by atoms with van der Waals surface area (Å²) in [5.41, 5.74) is 1.16. The van der Waals surface area contributed by atoms with Crippen LogP contribution in [0.25, 0.3) is 0 Å². The van der Waals surface area contributed by atoms with E-state index in [0.29, 0.717) is 6.61 Å². The van der Waals surface area contributed by atoms with Gasteiger partial charge in [-0.1, -0.05) is 5.21 Å². The maximum absolute atomic E-state index is 4.98. The molecule has 0 bridgehead atoms. The molecule has 0 unspecified atom stereocenters. The van der Waals surface area contributed by atoms with Gasteiger partial charge >= 0.3 is 0 Å². The zero-order valence-electron chi connectivity index (χ0n) is 10.5. The Morgan fingerprint density at radius 1 is 1.39 bits per heavy atom. The van der Waals surface area contributed by atoms with Crippen molar-refractivity contribution in [2.24, 2.45) is 0 Å². The number of rotatable bonds is 8. The molecule has 2 rings (SSSR count). The number of hydrogen-bond acceptors (Lipinski definition) is 5. The molecule has 2 heterocycles. The fourth-order valence-electron chi connectivity index (χ4n) is 1.65. The summed E-state index contributed by atoms with van der Waals surface area (Å²) >= 11 is 0. The molecule has 0 atom stereocenters. The lowest BCUT2D eigenvalue weighted by Gasteiger charge is -2.08. The highest BCUT2D eigenvalue weighted by molar-refractivity contribution is 4.97. The maximum Gasteiger partial charge on any atom is 0.0949 e. The molecule has 1 N–H and O–H groups in total. The highest BCUT2D eigenvalue weighted by Crippen LogP contribution is 1.99. The fraction of sp³-hybridized carbons (Fsp3) is 0.545. The number of aryl methyl sites for hydroxylation is 2. The van der Waals surface area contributed by atoms with Crippen LogP contribution in [0.4, 0.5) is 0 Å². The summed E-state index contributed by atoms with van der Waals surface area (Å²) in [4.78, 5) is 4.17. The number of ether oxygens (including phenoxy) is 1. The van der Waals surface area contributed by atoms with Crippen LogP contribution in [0.2, 0.25) is 0 Å². The maximum atomic E-state index is 4.98. The molecule has 0 amide bonds. The van der Waals surface area contributed by atoms with Gasteiger partial charge in [0.15, 0.2) is 0 Å². The monoisotopic (exact) mass is 250 g/mol. The smallest absolute Gasteiger partial charge is 0.0949 e. The van der Waals surface area contributed by atoms with Crippen molar-refractivity contribution in [3.05, 3.63) is 30.6 Å². The summed E-state index contributed by atoms with van der Waals surface area (Å²) in [6, 6.07) is 0. The van der Waals surface area contributed by atoms with Crippen molar-refractivity contribution in [3.8, 4) is 0 Å². The molecule has 0 aliphatic heterocycles. The first kappa shape index (κ1) is 12.7. The minimum Gasteiger partial charge on any atom is -0.383 e. The van der Waals surface area contributed by atoms with Gasteiger partial charge in [0.2, 0.25) is 0 Å². The number of nitrogens with one attached hydrogen (secondary N) is 1. The Balaban J connectivity index is 1.79. The molecule has 7 nitrogen and oxygen atoms in total. The van der Waals surface area contributed by atoms with Crippen LogP contribution in [-0.4, -0.2) is 44.8 Å². The molecule has 0 aliphatic rings. The van der Waals surface area contributed by atoms with Crippen molar-refractivity contribution < 1.29 is 4.74 Å². The Morgan fingerprint density at radius 3 is 3.11 bits per heavy atom. The zero-order chi connectivity index (χ0) is 12.6. The van der Waals surface area contributed by atoms with E-state index >= 15 is 0 Å². The Bertz CT molecular complexity index is 438. The molecular formula is C11H18N6O. The third kappa shape index (κ3) is 3.64. The number of nitrogens with zero attached hydrogens (tertiary/aromatic N) is 5. The van der Waals surface area contributed by atoms with Gasteiger partial charge in [0.1, 0.15) is 0 Å². The van der Waals surface area contributed by atoms with E-state index in [0.717, 1.165) is 31.9 Å². The molecular weight excluding hydrogens is 232 g/mol. The van der Waals surface area contributed by atoms with E-state index in [2.05, 4.69) is 25.2 Å². The van der Waals surface area contributed by atoms with Gasteiger partial charge in [0.05, 0.1) is 31.4 Å². The first-order valence-electron chi connectivity index (χ1n) is 5.93. The van der Waals surface area contributed by atoms with Crippen LogP contribution < -0.4 is 5.32 Å². The molecule has 0 aliphatic carbocycles. The summed E-state index contributed by atoms with van der Waals surface area (Å²) < 4.78 is 8.90. The van der Waals surface area contributed by atoms with E-state index in [1.54, 1.807) is 13.3 Å². The second-order valence-corrected chi connectivity index (χ2v) is 3.91. The van der Waals surface area contributed by atoms with Crippen LogP contribution >= 0.6 is 0 Å². The van der Waals surface area contributed by atoms with E-state index in [9.17, 15) is 0 Å². The van der Waals surface area contributed by atoms with Crippen LogP contribution in [0.1, 0.15) is 5.69 Å². The van der Waals surface area contributed by atoms with E-state index in [4.69, 9.17) is 4.74 Å². The highest BCUT2D eigenvalue weighted by atomic mass is 16.5. The number of methoxy groups -OCH3 is 1. The zero-order valence-corrected chi connectivity index (χ0v) is 10.5. The summed E-state index contributed by atoms with van der Waals surface area (Å²) in [7, 11) is 1.70. The van der Waals surface area contributed by atoms with Crippen molar-refractivity contribution in [1.29, 1.82) is 0 Å². The van der Waals surface area contributed by atoms with Crippen molar-refractivity contribution in [3.63, 3.8) is 0 Å². The van der Waals surface area contributed by atoms with E-state index in [1.165, 1.54) is 0 Å². The number of imidazole rings is 1. The van der Waals surface area contributed by atoms with Crippen molar-refractivity contribution >= 4 is 0 Å². The molecule has 0 spiro atoms. The van der Waals surface area contributed by atoms with Crippen LogP contribution in [-0.2, 0) is 24.4 Å². The minimum absolute atomic E-state index is 0.715. The Morgan fingerprint density at radius 2 is 2.33 bits per heavy atom. The Hall–Kier alpha value is -1.73. The molecule has 0 aromatic carbocycles. The van der Waals surface area contributed by atoms with Gasteiger partial charge in [-0.3, -0.25) is 4.68 Å². The lowest BCUT2D eigenvalue weighted by atomic mass is 10.4. The van der Waals surface area contributed by atoms with E-state index < -0.39 is 0 Å². The predicted molar refractivity (Wildman–Crippen MR) is 65.8 cm³/mol. The average molecular weight is 250 g/mol. The average Bonchev–Trinajstić information content (AvgIpc) is 3.03. The second kappa shape index (κ2) is 6.87. The normalized spacial score (nSPS) is 10.9. The second-order valence-electron chi connectivity index (χ2n) is 3.91. The molecule has 0 saturated heterocycles. The Labute approximate surface area is 106 Å². The lowest BCUT2D eigenvalue weighted by molar-refractivity contribution is 0.199. The van der Waals surface area contributed by atoms with Gasteiger partial charge in [-0.2, -0.15) is 0 Å². The van der Waals surface area contributed by atoms with Crippen molar-refractivity contribution in [2.75, 3.05) is 20.3 Å². The molecule has 0 fully saturated rings. The predicted octanol–water partition coefficient (Wildman–Crippen LogP) is -0.0892. The molecule has 0 radical (unpaired) electrons. The van der Waals surface area contributed by atoms with Gasteiger partial charge in [-0.25, -0.2) is 4.98 Å². The quantitative estimate of drug-likeness (QED) is 0.663. The van der Waals surface area contributed by atoms with Gasteiger partial charge < -0.3 is 14.6 Å². The van der Waals surface area contributed by atoms with E-state index in [-0.39, 0.29) is 0 Å². The molecule has 18 heavy (non-hydrogen) atoms. The van der Waals surface area contributed by atoms with E-state index in [1.807, 2.05) is 23.4 Å². The van der Waals surface area contributed by atoms with Crippen LogP contribution in [0.5, 0.6) is 0 Å². The molecule has 98 valence electrons. The lowest BCUT2D eigenvalue weighted by Crippen LogP contribution is -2.21. The largest absolute Gasteiger partial charge is 0.383 e. The first-order valence-corrected chi connectivity index (χ1v) is 5.93. The van der Waals surface area contributed by atoms with Crippen molar-refractivity contribution in [1.82, 2.24) is 29.9 Å². The highest BCUT2D eigenvalue weighted by Gasteiger charge is 2.02. The number of aromatic nitrogens is 5. The van der Waals surface area contributed by atoms with Crippen LogP contribution in [0.3, 0.4) is 0 Å². The summed E-state index contributed by atoms with van der Waals surface area (Å²) in [6.07, 6.45) is 7.25. The Kier molecular flexibility index (Phi) is 4.86. The summed E-state index contributed by atoms with van der Waals surface area (Å²) in [5.74, 6) is 0.